The van der Waals surface area contributed by atoms with Crippen molar-refractivity contribution in [2.24, 2.45) is 5.73 Å². The van der Waals surface area contributed by atoms with Crippen LogP contribution in [-0.2, 0) is 4.79 Å². The normalized spacial score (nSPS) is 12.4. The second-order valence-electron chi connectivity index (χ2n) is 4.67. The highest BCUT2D eigenvalue weighted by Crippen LogP contribution is 2.26. The van der Waals surface area contributed by atoms with E-state index in [-0.39, 0.29) is 5.56 Å². The molecule has 0 saturated carbocycles. The van der Waals surface area contributed by atoms with E-state index < -0.39 is 11.2 Å². The van der Waals surface area contributed by atoms with Crippen LogP contribution in [-0.4, -0.2) is 20.7 Å². The molecular weight excluding hydrogens is 318 g/mol. The van der Waals surface area contributed by atoms with Crippen LogP contribution in [0.25, 0.3) is 15.9 Å². The summed E-state index contributed by atoms with van der Waals surface area (Å²) in [5, 5.41) is 2.40. The van der Waals surface area contributed by atoms with E-state index in [1.165, 1.54) is 27.7 Å². The van der Waals surface area contributed by atoms with Crippen LogP contribution in [0.5, 0.6) is 0 Å². The van der Waals surface area contributed by atoms with Crippen molar-refractivity contribution in [1.29, 1.82) is 0 Å². The van der Waals surface area contributed by atoms with Gasteiger partial charge >= 0.3 is 0 Å². The van der Waals surface area contributed by atoms with E-state index >= 15 is 0 Å². The summed E-state index contributed by atoms with van der Waals surface area (Å²) < 4.78 is 1.53. The Bertz CT molecular complexity index is 887. The van der Waals surface area contributed by atoms with Gasteiger partial charge in [-0.25, -0.2) is 4.98 Å². The summed E-state index contributed by atoms with van der Waals surface area (Å²) in [4.78, 5) is 29.3. The first-order valence-electron chi connectivity index (χ1n) is 6.59. The number of para-hydroxylation sites is 1. The summed E-state index contributed by atoms with van der Waals surface area (Å²) in [6.45, 7) is 1.70. The second kappa shape index (κ2) is 5.94. The van der Waals surface area contributed by atoms with Crippen molar-refractivity contribution in [2.75, 3.05) is 0 Å². The van der Waals surface area contributed by atoms with E-state index in [4.69, 9.17) is 5.73 Å². The zero-order valence-electron chi connectivity index (χ0n) is 11.7. The maximum Gasteiger partial charge on any atom is 0.267 e. The van der Waals surface area contributed by atoms with Gasteiger partial charge in [-0.3, -0.25) is 14.2 Å². The molecule has 1 amide bonds. The Balaban J connectivity index is 2.24. The van der Waals surface area contributed by atoms with Crippen molar-refractivity contribution >= 4 is 39.2 Å². The standard InChI is InChI=1S/C15H13N3O2S2/c1-9(12(16)19)22-15-17-13-11(7-8-21-13)14(20)18(15)10-5-3-2-4-6-10/h2-9H,1H3,(H2,16,19)/t9-/m1/s1. The van der Waals surface area contributed by atoms with Gasteiger partial charge in [-0.15, -0.1) is 11.3 Å². The first kappa shape index (κ1) is 14.8. The van der Waals surface area contributed by atoms with E-state index in [9.17, 15) is 9.59 Å². The second-order valence-corrected chi connectivity index (χ2v) is 6.87. The number of amides is 1. The van der Waals surface area contributed by atoms with E-state index in [1.54, 1.807) is 13.0 Å². The highest BCUT2D eigenvalue weighted by Gasteiger charge is 2.18. The van der Waals surface area contributed by atoms with Gasteiger partial charge in [-0.05, 0) is 30.5 Å². The molecule has 2 N–H and O–H groups in total. The predicted molar refractivity (Wildman–Crippen MR) is 89.7 cm³/mol. The number of hydrogen-bond acceptors (Lipinski definition) is 5. The van der Waals surface area contributed by atoms with Gasteiger partial charge in [0.05, 0.1) is 16.3 Å². The zero-order valence-corrected chi connectivity index (χ0v) is 13.4. The number of nitrogens with zero attached hydrogens (tertiary/aromatic N) is 2. The van der Waals surface area contributed by atoms with E-state index in [1.807, 2.05) is 35.7 Å². The third kappa shape index (κ3) is 2.65. The molecule has 0 aliphatic heterocycles. The Morgan fingerprint density at radius 1 is 1.32 bits per heavy atom. The van der Waals surface area contributed by atoms with E-state index in [0.29, 0.717) is 21.1 Å². The minimum atomic E-state index is -0.473. The number of nitrogens with two attached hydrogens (primary N) is 1. The third-order valence-corrected chi connectivity index (χ3v) is 5.04. The minimum absolute atomic E-state index is 0.142. The van der Waals surface area contributed by atoms with Crippen molar-refractivity contribution in [3.05, 3.63) is 52.1 Å². The highest BCUT2D eigenvalue weighted by molar-refractivity contribution is 8.00. The molecule has 0 aliphatic rings. The number of benzene rings is 1. The quantitative estimate of drug-likeness (QED) is 0.588. The number of hydrogen-bond donors (Lipinski definition) is 1. The molecule has 0 fully saturated rings. The van der Waals surface area contributed by atoms with Gasteiger partial charge in [0.2, 0.25) is 5.91 Å². The molecule has 1 aromatic carbocycles. The lowest BCUT2D eigenvalue weighted by Gasteiger charge is -2.13. The summed E-state index contributed by atoms with van der Waals surface area (Å²) in [6.07, 6.45) is 0. The third-order valence-electron chi connectivity index (χ3n) is 3.16. The zero-order chi connectivity index (χ0) is 15.7. The summed E-state index contributed by atoms with van der Waals surface area (Å²) in [5.74, 6) is -0.440. The minimum Gasteiger partial charge on any atom is -0.369 e. The van der Waals surface area contributed by atoms with Crippen LogP contribution in [0.1, 0.15) is 6.92 Å². The van der Waals surface area contributed by atoms with Gasteiger partial charge in [0.1, 0.15) is 4.83 Å². The van der Waals surface area contributed by atoms with Gasteiger partial charge in [0.25, 0.3) is 5.56 Å². The molecule has 1 atom stereocenters. The SMILES string of the molecule is C[C@@H](Sc1nc2sccc2c(=O)n1-c1ccccc1)C(N)=O. The highest BCUT2D eigenvalue weighted by atomic mass is 32.2. The van der Waals surface area contributed by atoms with Crippen LogP contribution in [0.3, 0.4) is 0 Å². The van der Waals surface area contributed by atoms with Gasteiger partial charge < -0.3 is 5.73 Å². The number of aromatic nitrogens is 2. The van der Waals surface area contributed by atoms with Crippen LogP contribution >= 0.6 is 23.1 Å². The van der Waals surface area contributed by atoms with E-state index in [0.717, 1.165) is 0 Å². The van der Waals surface area contributed by atoms with Gasteiger partial charge in [0, 0.05) is 0 Å². The Morgan fingerprint density at radius 2 is 2.05 bits per heavy atom. The Kier molecular flexibility index (Phi) is 4.00. The molecule has 0 radical (unpaired) electrons. The first-order valence-corrected chi connectivity index (χ1v) is 8.35. The van der Waals surface area contributed by atoms with Crippen LogP contribution in [0.2, 0.25) is 0 Å². The number of thiophene rings is 1. The molecule has 0 saturated heterocycles. The number of rotatable bonds is 4. The first-order chi connectivity index (χ1) is 10.6. The number of primary amides is 1. The Labute approximate surface area is 134 Å². The summed E-state index contributed by atoms with van der Waals surface area (Å²) >= 11 is 2.59. The van der Waals surface area contributed by atoms with Gasteiger partial charge in [-0.2, -0.15) is 0 Å². The summed E-state index contributed by atoms with van der Waals surface area (Å²) in [6, 6.07) is 11.0. The maximum atomic E-state index is 12.8. The topological polar surface area (TPSA) is 78.0 Å². The molecule has 0 unspecified atom stereocenters. The molecule has 2 heterocycles. The number of thioether (sulfide) groups is 1. The van der Waals surface area contributed by atoms with Crippen molar-refractivity contribution in [3.63, 3.8) is 0 Å². The monoisotopic (exact) mass is 331 g/mol. The van der Waals surface area contributed by atoms with Crippen LogP contribution in [0.4, 0.5) is 0 Å². The molecule has 2 aromatic heterocycles. The number of carbonyl (C=O) groups excluding carboxylic acids is 1. The van der Waals surface area contributed by atoms with Gasteiger partial charge in [0.15, 0.2) is 5.16 Å². The fourth-order valence-corrected chi connectivity index (χ4v) is 3.68. The van der Waals surface area contributed by atoms with E-state index in [2.05, 4.69) is 4.98 Å². The molecule has 22 heavy (non-hydrogen) atoms. The maximum absolute atomic E-state index is 12.8. The summed E-state index contributed by atoms with van der Waals surface area (Å²) in [5.41, 5.74) is 5.90. The fraction of sp³-hybridized carbons (Fsp3) is 0.133. The molecule has 5 nitrogen and oxygen atoms in total. The average molecular weight is 331 g/mol. The molecular formula is C15H13N3O2S2. The van der Waals surface area contributed by atoms with Crippen molar-refractivity contribution in [1.82, 2.24) is 9.55 Å². The largest absolute Gasteiger partial charge is 0.369 e. The molecule has 3 aromatic rings. The molecule has 7 heteroatoms. The lowest BCUT2D eigenvalue weighted by atomic mass is 10.3. The van der Waals surface area contributed by atoms with Crippen LogP contribution < -0.4 is 11.3 Å². The predicted octanol–water partition coefficient (Wildman–Crippen LogP) is 2.41. The van der Waals surface area contributed by atoms with Crippen molar-refractivity contribution in [2.45, 2.75) is 17.3 Å². The average Bonchev–Trinajstić information content (AvgIpc) is 2.97. The lowest BCUT2D eigenvalue weighted by molar-refractivity contribution is -0.117. The van der Waals surface area contributed by atoms with Crippen molar-refractivity contribution < 1.29 is 4.79 Å². The molecule has 112 valence electrons. The molecule has 0 aliphatic carbocycles. The number of fused-ring (bicyclic) bond motifs is 1. The fourth-order valence-electron chi connectivity index (χ4n) is 1.99. The van der Waals surface area contributed by atoms with Crippen molar-refractivity contribution in [3.8, 4) is 5.69 Å². The Morgan fingerprint density at radius 3 is 2.73 bits per heavy atom. The molecule has 0 bridgehead atoms. The smallest absolute Gasteiger partial charge is 0.267 e. The summed E-state index contributed by atoms with van der Waals surface area (Å²) in [7, 11) is 0. The van der Waals surface area contributed by atoms with Crippen LogP contribution in [0.15, 0.2) is 51.7 Å². The van der Waals surface area contributed by atoms with Gasteiger partial charge in [-0.1, -0.05) is 30.0 Å². The molecule has 0 spiro atoms. The van der Waals surface area contributed by atoms with Crippen LogP contribution in [0, 0.1) is 0 Å². The number of carbonyl (C=O) groups is 1. The lowest BCUT2D eigenvalue weighted by Crippen LogP contribution is -2.26. The molecule has 3 rings (SSSR count). The Hall–Kier alpha value is -2.12.